The van der Waals surface area contributed by atoms with Gasteiger partial charge in [-0.05, 0) is 65.7 Å². The summed E-state index contributed by atoms with van der Waals surface area (Å²) >= 11 is 3.70. The average Bonchev–Trinajstić information content (AvgIpc) is 3.54. The van der Waals surface area contributed by atoms with Crippen molar-refractivity contribution >= 4 is 63.0 Å². The Labute approximate surface area is 228 Å². The monoisotopic (exact) mass is 519 g/mol. The molecule has 0 spiro atoms. The van der Waals surface area contributed by atoms with Gasteiger partial charge < -0.3 is 0 Å². The Balaban J connectivity index is 1.23. The van der Waals surface area contributed by atoms with E-state index in [1.807, 2.05) is 22.7 Å². The quantitative estimate of drug-likeness (QED) is 0.226. The fourth-order valence-corrected chi connectivity index (χ4v) is 7.54. The standard InChI is InChI=1S/C35H21NS2/c1-2-7-22(8-3-1)23-13-16-34-28(19-23)29-21-25(15-18-35(29)38-34)31-11-6-10-30(36-31)24-14-17-33-27(20-24)26-9-4-5-12-32(26)37-33/h1-21H. The molecule has 0 amide bonds. The van der Waals surface area contributed by atoms with Crippen LogP contribution in [-0.2, 0) is 0 Å². The summed E-state index contributed by atoms with van der Waals surface area (Å²) in [6.45, 7) is 0. The minimum absolute atomic E-state index is 0.998. The Morgan fingerprint density at radius 3 is 1.50 bits per heavy atom. The van der Waals surface area contributed by atoms with Crippen molar-refractivity contribution in [2.45, 2.75) is 0 Å². The van der Waals surface area contributed by atoms with Gasteiger partial charge in [0.15, 0.2) is 0 Å². The molecule has 0 N–H and O–H groups in total. The van der Waals surface area contributed by atoms with E-state index in [0.717, 1.165) is 22.5 Å². The molecule has 178 valence electrons. The van der Waals surface area contributed by atoms with Gasteiger partial charge in [0.25, 0.3) is 0 Å². The van der Waals surface area contributed by atoms with Crippen molar-refractivity contribution in [1.29, 1.82) is 0 Å². The van der Waals surface area contributed by atoms with Crippen LogP contribution in [0.25, 0.3) is 74.0 Å². The second-order valence-corrected chi connectivity index (χ2v) is 11.8. The molecule has 3 aromatic heterocycles. The first-order valence-corrected chi connectivity index (χ1v) is 14.3. The maximum absolute atomic E-state index is 5.13. The van der Waals surface area contributed by atoms with Gasteiger partial charge in [-0.1, -0.05) is 72.8 Å². The van der Waals surface area contributed by atoms with Crippen molar-refractivity contribution in [1.82, 2.24) is 4.98 Å². The van der Waals surface area contributed by atoms with Crippen LogP contribution in [-0.4, -0.2) is 4.98 Å². The first-order valence-electron chi connectivity index (χ1n) is 12.7. The lowest BCUT2D eigenvalue weighted by Crippen LogP contribution is -1.88. The Bertz CT molecular complexity index is 2130. The molecule has 0 saturated carbocycles. The Morgan fingerprint density at radius 1 is 0.342 bits per heavy atom. The lowest BCUT2D eigenvalue weighted by Gasteiger charge is -2.07. The van der Waals surface area contributed by atoms with Crippen molar-refractivity contribution in [3.8, 4) is 33.6 Å². The van der Waals surface area contributed by atoms with E-state index in [2.05, 4.69) is 127 Å². The molecule has 0 saturated heterocycles. The third kappa shape index (κ3) is 3.55. The van der Waals surface area contributed by atoms with Crippen LogP contribution < -0.4 is 0 Å². The van der Waals surface area contributed by atoms with Crippen LogP contribution in [0.3, 0.4) is 0 Å². The topological polar surface area (TPSA) is 12.9 Å². The second kappa shape index (κ2) is 8.63. The number of fused-ring (bicyclic) bond motifs is 6. The van der Waals surface area contributed by atoms with Crippen molar-refractivity contribution < 1.29 is 0 Å². The molecule has 8 aromatic rings. The van der Waals surface area contributed by atoms with Crippen LogP contribution in [0.5, 0.6) is 0 Å². The Hall–Kier alpha value is -4.31. The highest BCUT2D eigenvalue weighted by atomic mass is 32.1. The summed E-state index contributed by atoms with van der Waals surface area (Å²) in [4.78, 5) is 5.13. The van der Waals surface area contributed by atoms with Gasteiger partial charge in [-0.3, -0.25) is 0 Å². The minimum Gasteiger partial charge on any atom is -0.248 e. The van der Waals surface area contributed by atoms with Gasteiger partial charge in [0.2, 0.25) is 0 Å². The van der Waals surface area contributed by atoms with Crippen molar-refractivity contribution in [2.24, 2.45) is 0 Å². The van der Waals surface area contributed by atoms with E-state index < -0.39 is 0 Å². The molecule has 3 heteroatoms. The summed E-state index contributed by atoms with van der Waals surface area (Å²) in [6.07, 6.45) is 0. The third-order valence-electron chi connectivity index (χ3n) is 7.29. The summed E-state index contributed by atoms with van der Waals surface area (Å²) < 4.78 is 5.26. The summed E-state index contributed by atoms with van der Waals surface area (Å²) in [5.74, 6) is 0. The first kappa shape index (κ1) is 21.7. The molecule has 1 nitrogen and oxygen atoms in total. The SMILES string of the molecule is c1ccc(-c2ccc3sc4ccc(-c5cccc(-c6ccc7sc8ccccc8c7c6)n5)cc4c3c2)cc1. The molecule has 0 atom stereocenters. The largest absolute Gasteiger partial charge is 0.248 e. The van der Waals surface area contributed by atoms with Gasteiger partial charge >= 0.3 is 0 Å². The highest BCUT2D eigenvalue weighted by Crippen LogP contribution is 2.39. The number of hydrogen-bond acceptors (Lipinski definition) is 3. The molecule has 0 radical (unpaired) electrons. The maximum Gasteiger partial charge on any atom is 0.0709 e. The van der Waals surface area contributed by atoms with E-state index >= 15 is 0 Å². The highest BCUT2D eigenvalue weighted by molar-refractivity contribution is 7.26. The molecule has 0 aliphatic heterocycles. The van der Waals surface area contributed by atoms with Gasteiger partial charge in [-0.25, -0.2) is 4.98 Å². The molecular weight excluding hydrogens is 499 g/mol. The summed E-state index contributed by atoms with van der Waals surface area (Å²) in [7, 11) is 0. The molecule has 0 bridgehead atoms. The van der Waals surface area contributed by atoms with Crippen LogP contribution in [0.4, 0.5) is 0 Å². The van der Waals surface area contributed by atoms with Gasteiger partial charge in [-0.2, -0.15) is 0 Å². The van der Waals surface area contributed by atoms with Crippen molar-refractivity contribution in [2.75, 3.05) is 0 Å². The molecule has 3 heterocycles. The maximum atomic E-state index is 5.13. The van der Waals surface area contributed by atoms with Gasteiger partial charge in [0, 0.05) is 51.5 Å². The number of aromatic nitrogens is 1. The molecule has 0 aliphatic carbocycles. The lowest BCUT2D eigenvalue weighted by atomic mass is 10.0. The molecule has 0 fully saturated rings. The Kier molecular flexibility index (Phi) is 4.94. The zero-order valence-corrected chi connectivity index (χ0v) is 22.0. The number of nitrogens with zero attached hydrogens (tertiary/aromatic N) is 1. The second-order valence-electron chi connectivity index (χ2n) is 9.61. The van der Waals surface area contributed by atoms with E-state index in [9.17, 15) is 0 Å². The highest BCUT2D eigenvalue weighted by Gasteiger charge is 2.11. The van der Waals surface area contributed by atoms with Crippen molar-refractivity contribution in [3.63, 3.8) is 0 Å². The molecular formula is C35H21NS2. The van der Waals surface area contributed by atoms with E-state index in [1.54, 1.807) is 0 Å². The van der Waals surface area contributed by atoms with E-state index in [1.165, 1.54) is 51.5 Å². The predicted molar refractivity (Wildman–Crippen MR) is 166 cm³/mol. The van der Waals surface area contributed by atoms with Crippen LogP contribution in [0.15, 0.2) is 127 Å². The molecule has 38 heavy (non-hydrogen) atoms. The average molecular weight is 520 g/mol. The fourth-order valence-electron chi connectivity index (χ4n) is 5.39. The van der Waals surface area contributed by atoms with E-state index in [-0.39, 0.29) is 0 Å². The Morgan fingerprint density at radius 2 is 0.842 bits per heavy atom. The normalized spacial score (nSPS) is 11.7. The molecule has 5 aromatic carbocycles. The van der Waals surface area contributed by atoms with Crippen LogP contribution in [0.1, 0.15) is 0 Å². The third-order valence-corrected chi connectivity index (χ3v) is 9.60. The van der Waals surface area contributed by atoms with Crippen LogP contribution >= 0.6 is 22.7 Å². The number of benzene rings is 5. The number of rotatable bonds is 3. The predicted octanol–water partition coefficient (Wildman–Crippen LogP) is 10.8. The fraction of sp³-hybridized carbons (Fsp3) is 0. The minimum atomic E-state index is 0.998. The summed E-state index contributed by atoms with van der Waals surface area (Å²) in [5.41, 5.74) is 6.79. The van der Waals surface area contributed by atoms with Crippen LogP contribution in [0, 0.1) is 0 Å². The van der Waals surface area contributed by atoms with Gasteiger partial charge in [0.1, 0.15) is 0 Å². The summed E-state index contributed by atoms with van der Waals surface area (Å²) in [6, 6.07) is 45.9. The molecule has 8 rings (SSSR count). The lowest BCUT2D eigenvalue weighted by molar-refractivity contribution is 1.33. The van der Waals surface area contributed by atoms with Gasteiger partial charge in [0.05, 0.1) is 11.4 Å². The number of pyridine rings is 1. The number of hydrogen-bond donors (Lipinski definition) is 0. The smallest absolute Gasteiger partial charge is 0.0709 e. The first-order chi connectivity index (χ1) is 18.8. The number of thiophene rings is 2. The molecule has 0 aliphatic rings. The molecule has 0 unspecified atom stereocenters. The van der Waals surface area contributed by atoms with E-state index in [4.69, 9.17) is 4.98 Å². The van der Waals surface area contributed by atoms with E-state index in [0.29, 0.717) is 0 Å². The zero-order valence-electron chi connectivity index (χ0n) is 20.4. The van der Waals surface area contributed by atoms with Gasteiger partial charge in [-0.15, -0.1) is 22.7 Å². The van der Waals surface area contributed by atoms with Crippen molar-refractivity contribution in [3.05, 3.63) is 127 Å². The summed E-state index contributed by atoms with van der Waals surface area (Å²) in [5, 5.41) is 5.21. The van der Waals surface area contributed by atoms with Crippen LogP contribution in [0.2, 0.25) is 0 Å². The zero-order chi connectivity index (χ0) is 25.1.